The maximum Gasteiger partial charge on any atom is 0.357 e. The first-order chi connectivity index (χ1) is 7.07. The minimum absolute atomic E-state index is 0.0805. The summed E-state index contributed by atoms with van der Waals surface area (Å²) in [5, 5.41) is 2.82. The minimum Gasteiger partial charge on any atom is -0.464 e. The van der Waals surface area contributed by atoms with Crippen LogP contribution in [0.5, 0.6) is 0 Å². The molecule has 0 radical (unpaired) electrons. The summed E-state index contributed by atoms with van der Waals surface area (Å²) in [5.74, 6) is -0.355. The lowest BCUT2D eigenvalue weighted by molar-refractivity contribution is -0.0591. The maximum atomic E-state index is 11.2. The SMILES string of the molecule is COC(=O)c1csc(C23CC(N)(C2)C3)n1. The summed E-state index contributed by atoms with van der Waals surface area (Å²) in [6.45, 7) is 0. The number of ether oxygens (including phenoxy) is 1. The normalized spacial score (nSPS) is 36.7. The highest BCUT2D eigenvalue weighted by molar-refractivity contribution is 7.10. The van der Waals surface area contributed by atoms with Gasteiger partial charge in [0.1, 0.15) is 0 Å². The second-order valence-corrected chi connectivity index (χ2v) is 5.56. The number of nitrogens with zero attached hydrogens (tertiary/aromatic N) is 1. The zero-order chi connectivity index (χ0) is 10.7. The standard InChI is InChI=1S/C10H12N2O2S/c1-14-7(13)6-2-15-8(12-6)9-3-10(11,4-9)5-9/h2H,3-5,11H2,1H3. The van der Waals surface area contributed by atoms with Gasteiger partial charge in [-0.2, -0.15) is 0 Å². The van der Waals surface area contributed by atoms with Gasteiger partial charge in [-0.25, -0.2) is 9.78 Å². The molecular formula is C10H12N2O2S. The van der Waals surface area contributed by atoms with Crippen molar-refractivity contribution in [2.75, 3.05) is 7.11 Å². The second kappa shape index (κ2) is 2.59. The number of rotatable bonds is 2. The molecule has 0 atom stereocenters. The van der Waals surface area contributed by atoms with Crippen LogP contribution in [0.3, 0.4) is 0 Å². The van der Waals surface area contributed by atoms with Gasteiger partial charge in [0.25, 0.3) is 0 Å². The Balaban J connectivity index is 1.83. The Labute approximate surface area is 91.4 Å². The number of carbonyl (C=O) groups is 1. The summed E-state index contributed by atoms with van der Waals surface area (Å²) < 4.78 is 4.63. The fourth-order valence-electron chi connectivity index (χ4n) is 2.81. The van der Waals surface area contributed by atoms with E-state index in [1.54, 1.807) is 16.7 Å². The second-order valence-electron chi connectivity index (χ2n) is 4.70. The fraction of sp³-hybridized carbons (Fsp3) is 0.600. The molecule has 0 saturated heterocycles. The lowest BCUT2D eigenvalue weighted by Gasteiger charge is -2.68. The Morgan fingerprint density at radius 1 is 1.60 bits per heavy atom. The van der Waals surface area contributed by atoms with Crippen LogP contribution in [0.4, 0.5) is 0 Å². The summed E-state index contributed by atoms with van der Waals surface area (Å²) in [7, 11) is 1.37. The summed E-state index contributed by atoms with van der Waals surface area (Å²) in [6, 6.07) is 0. The Morgan fingerprint density at radius 3 is 2.80 bits per heavy atom. The largest absolute Gasteiger partial charge is 0.464 e. The van der Waals surface area contributed by atoms with Gasteiger partial charge in [0, 0.05) is 16.3 Å². The molecule has 2 bridgehead atoms. The first kappa shape index (κ1) is 9.30. The molecule has 4 rings (SSSR count). The third-order valence-electron chi connectivity index (χ3n) is 3.42. The number of carbonyl (C=O) groups excluding carboxylic acids is 1. The Morgan fingerprint density at radius 2 is 2.27 bits per heavy atom. The molecule has 1 heterocycles. The number of methoxy groups -OCH3 is 1. The summed E-state index contributed by atoms with van der Waals surface area (Å²) in [4.78, 5) is 15.6. The van der Waals surface area contributed by atoms with Crippen molar-refractivity contribution in [2.45, 2.75) is 30.2 Å². The van der Waals surface area contributed by atoms with E-state index in [1.165, 1.54) is 7.11 Å². The average Bonchev–Trinajstić information content (AvgIpc) is 2.59. The lowest BCUT2D eigenvalue weighted by Crippen LogP contribution is -2.74. The van der Waals surface area contributed by atoms with Crippen LogP contribution < -0.4 is 5.73 Å². The lowest BCUT2D eigenvalue weighted by atomic mass is 9.40. The van der Waals surface area contributed by atoms with Gasteiger partial charge in [0.15, 0.2) is 5.69 Å². The summed E-state index contributed by atoms with van der Waals surface area (Å²) in [5.41, 5.74) is 6.69. The minimum atomic E-state index is -0.355. The number of nitrogens with two attached hydrogens (primary N) is 1. The van der Waals surface area contributed by atoms with E-state index < -0.39 is 0 Å². The molecule has 3 fully saturated rings. The molecule has 5 heteroatoms. The number of esters is 1. The molecule has 0 unspecified atom stereocenters. The zero-order valence-corrected chi connectivity index (χ0v) is 9.26. The van der Waals surface area contributed by atoms with Crippen LogP contribution in [0, 0.1) is 0 Å². The highest BCUT2D eigenvalue weighted by Crippen LogP contribution is 2.66. The number of hydrogen-bond acceptors (Lipinski definition) is 5. The highest BCUT2D eigenvalue weighted by Gasteiger charge is 2.67. The van der Waals surface area contributed by atoms with Crippen LogP contribution in [0.15, 0.2) is 5.38 Å². The van der Waals surface area contributed by atoms with Crippen LogP contribution in [-0.2, 0) is 10.2 Å². The number of thiazole rings is 1. The molecule has 2 N–H and O–H groups in total. The van der Waals surface area contributed by atoms with Crippen LogP contribution >= 0.6 is 11.3 Å². The molecular weight excluding hydrogens is 212 g/mol. The predicted octanol–water partition coefficient (Wildman–Crippen LogP) is 1.06. The van der Waals surface area contributed by atoms with Gasteiger partial charge in [-0.05, 0) is 19.3 Å². The number of hydrogen-bond donors (Lipinski definition) is 1. The molecule has 3 saturated carbocycles. The third-order valence-corrected chi connectivity index (χ3v) is 4.51. The van der Waals surface area contributed by atoms with E-state index in [1.807, 2.05) is 0 Å². The molecule has 3 aliphatic rings. The van der Waals surface area contributed by atoms with Crippen molar-refractivity contribution in [3.8, 4) is 0 Å². The highest BCUT2D eigenvalue weighted by atomic mass is 32.1. The van der Waals surface area contributed by atoms with E-state index >= 15 is 0 Å². The van der Waals surface area contributed by atoms with Gasteiger partial charge in [-0.15, -0.1) is 11.3 Å². The van der Waals surface area contributed by atoms with E-state index in [9.17, 15) is 4.79 Å². The van der Waals surface area contributed by atoms with E-state index in [0.29, 0.717) is 5.69 Å². The average molecular weight is 224 g/mol. The van der Waals surface area contributed by atoms with Crippen molar-refractivity contribution in [3.63, 3.8) is 0 Å². The van der Waals surface area contributed by atoms with Crippen LogP contribution in [0.1, 0.15) is 34.8 Å². The number of aromatic nitrogens is 1. The molecule has 1 aromatic rings. The predicted molar refractivity (Wildman–Crippen MR) is 55.9 cm³/mol. The maximum absolute atomic E-state index is 11.2. The first-order valence-electron chi connectivity index (χ1n) is 4.90. The van der Waals surface area contributed by atoms with Crippen molar-refractivity contribution in [1.82, 2.24) is 4.98 Å². The Hall–Kier alpha value is -0.940. The summed E-state index contributed by atoms with van der Waals surface area (Å²) >= 11 is 1.55. The van der Waals surface area contributed by atoms with Crippen molar-refractivity contribution in [2.24, 2.45) is 5.73 Å². The van der Waals surface area contributed by atoms with Gasteiger partial charge in [-0.3, -0.25) is 0 Å². The van der Waals surface area contributed by atoms with Gasteiger partial charge in [0.05, 0.1) is 12.1 Å². The molecule has 15 heavy (non-hydrogen) atoms. The smallest absolute Gasteiger partial charge is 0.357 e. The van der Waals surface area contributed by atoms with Crippen molar-refractivity contribution in [1.29, 1.82) is 0 Å². The monoisotopic (exact) mass is 224 g/mol. The van der Waals surface area contributed by atoms with Gasteiger partial charge in [-0.1, -0.05) is 0 Å². The molecule has 3 aliphatic carbocycles. The van der Waals surface area contributed by atoms with E-state index in [0.717, 1.165) is 24.3 Å². The molecule has 4 nitrogen and oxygen atoms in total. The van der Waals surface area contributed by atoms with E-state index in [4.69, 9.17) is 5.73 Å². The quantitative estimate of drug-likeness (QED) is 0.763. The zero-order valence-electron chi connectivity index (χ0n) is 8.45. The molecule has 0 amide bonds. The topological polar surface area (TPSA) is 65.2 Å². The molecule has 0 aliphatic heterocycles. The molecule has 0 spiro atoms. The molecule has 1 aromatic heterocycles. The van der Waals surface area contributed by atoms with Crippen molar-refractivity contribution >= 4 is 17.3 Å². The van der Waals surface area contributed by atoms with Gasteiger partial charge in [0.2, 0.25) is 0 Å². The van der Waals surface area contributed by atoms with Crippen LogP contribution in [0.2, 0.25) is 0 Å². The fourth-order valence-corrected chi connectivity index (χ4v) is 3.80. The summed E-state index contributed by atoms with van der Waals surface area (Å²) in [6.07, 6.45) is 3.07. The van der Waals surface area contributed by atoms with Crippen molar-refractivity contribution < 1.29 is 9.53 Å². The third kappa shape index (κ3) is 1.10. The first-order valence-corrected chi connectivity index (χ1v) is 5.78. The Kier molecular flexibility index (Phi) is 1.61. The Bertz CT molecular complexity index is 421. The van der Waals surface area contributed by atoms with Crippen LogP contribution in [0.25, 0.3) is 0 Å². The van der Waals surface area contributed by atoms with Crippen LogP contribution in [-0.4, -0.2) is 23.6 Å². The molecule has 80 valence electrons. The van der Waals surface area contributed by atoms with E-state index in [2.05, 4.69) is 9.72 Å². The molecule has 0 aromatic carbocycles. The van der Waals surface area contributed by atoms with Gasteiger partial charge < -0.3 is 10.5 Å². The van der Waals surface area contributed by atoms with Crippen molar-refractivity contribution in [3.05, 3.63) is 16.1 Å². The van der Waals surface area contributed by atoms with Gasteiger partial charge >= 0.3 is 5.97 Å². The van der Waals surface area contributed by atoms with E-state index in [-0.39, 0.29) is 16.9 Å².